The van der Waals surface area contributed by atoms with Crippen LogP contribution in [0.15, 0.2) is 30.3 Å². The molecule has 1 aliphatic carbocycles. The summed E-state index contributed by atoms with van der Waals surface area (Å²) in [5.74, 6) is -0.0789. The maximum atomic E-state index is 12.7. The number of hydrogen-bond donors (Lipinski definition) is 1. The van der Waals surface area contributed by atoms with E-state index < -0.39 is 0 Å². The Bertz CT molecular complexity index is 469. The number of carbonyl (C=O) groups is 1. The van der Waals surface area contributed by atoms with Crippen molar-refractivity contribution in [3.05, 3.63) is 35.9 Å². The molecular formula is C18H28N2O2. The third kappa shape index (κ3) is 3.87. The normalized spacial score (nSPS) is 24.5. The van der Waals surface area contributed by atoms with Gasteiger partial charge in [-0.15, -0.1) is 0 Å². The standard InChI is InChI=1S/C18H28N2O2/c1-13(17(19)14-7-5-4-6-8-14)18(21)20(2)15-9-11-16(22-3)12-10-15/h4-8,13,15-17H,9-12,19H2,1-3H3/t13-,15?,16?,17+/m1/s1. The molecule has 0 aromatic heterocycles. The highest BCUT2D eigenvalue weighted by atomic mass is 16.5. The molecule has 1 aromatic rings. The SMILES string of the molecule is COC1CCC(N(C)C(=O)[C@H](C)[C@H](N)c2ccccc2)CC1. The molecule has 0 aliphatic heterocycles. The molecule has 1 fully saturated rings. The number of nitrogens with two attached hydrogens (primary N) is 1. The van der Waals surface area contributed by atoms with Crippen LogP contribution in [-0.4, -0.2) is 37.1 Å². The Kier molecular flexibility index (Phi) is 5.98. The van der Waals surface area contributed by atoms with Gasteiger partial charge in [0, 0.05) is 26.2 Å². The molecule has 0 spiro atoms. The number of ether oxygens (including phenoxy) is 1. The lowest BCUT2D eigenvalue weighted by Gasteiger charge is -2.36. The second kappa shape index (κ2) is 7.75. The molecule has 0 unspecified atom stereocenters. The number of methoxy groups -OCH3 is 1. The van der Waals surface area contributed by atoms with E-state index in [0.717, 1.165) is 31.2 Å². The first-order valence-corrected chi connectivity index (χ1v) is 8.14. The van der Waals surface area contributed by atoms with E-state index in [1.54, 1.807) is 7.11 Å². The van der Waals surface area contributed by atoms with E-state index >= 15 is 0 Å². The molecule has 22 heavy (non-hydrogen) atoms. The minimum Gasteiger partial charge on any atom is -0.381 e. The molecular weight excluding hydrogens is 276 g/mol. The smallest absolute Gasteiger partial charge is 0.227 e. The van der Waals surface area contributed by atoms with Crippen molar-refractivity contribution in [2.24, 2.45) is 11.7 Å². The van der Waals surface area contributed by atoms with Crippen molar-refractivity contribution in [3.8, 4) is 0 Å². The van der Waals surface area contributed by atoms with Crippen LogP contribution in [0.4, 0.5) is 0 Å². The summed E-state index contributed by atoms with van der Waals surface area (Å²) >= 11 is 0. The lowest BCUT2D eigenvalue weighted by Crippen LogP contribution is -2.44. The first-order chi connectivity index (χ1) is 10.5. The first-order valence-electron chi connectivity index (χ1n) is 8.14. The van der Waals surface area contributed by atoms with Gasteiger partial charge in [0.1, 0.15) is 0 Å². The van der Waals surface area contributed by atoms with Gasteiger partial charge in [0.05, 0.1) is 12.0 Å². The second-order valence-electron chi connectivity index (χ2n) is 6.34. The summed E-state index contributed by atoms with van der Waals surface area (Å²) < 4.78 is 5.40. The van der Waals surface area contributed by atoms with Gasteiger partial charge in [-0.1, -0.05) is 37.3 Å². The lowest BCUT2D eigenvalue weighted by molar-refractivity contribution is -0.137. The average Bonchev–Trinajstić information content (AvgIpc) is 2.60. The topological polar surface area (TPSA) is 55.6 Å². The average molecular weight is 304 g/mol. The molecule has 0 saturated heterocycles. The Labute approximate surface area is 133 Å². The summed E-state index contributed by atoms with van der Waals surface area (Å²) in [6.07, 6.45) is 4.42. The highest BCUT2D eigenvalue weighted by Crippen LogP contribution is 2.27. The van der Waals surface area contributed by atoms with Crippen LogP contribution in [0.25, 0.3) is 0 Å². The Morgan fingerprint density at radius 1 is 1.23 bits per heavy atom. The van der Waals surface area contributed by atoms with Crippen molar-refractivity contribution in [1.29, 1.82) is 0 Å². The molecule has 1 amide bonds. The number of rotatable bonds is 5. The molecule has 0 radical (unpaired) electrons. The molecule has 2 atom stereocenters. The molecule has 1 aromatic carbocycles. The summed E-state index contributed by atoms with van der Waals surface area (Å²) in [5.41, 5.74) is 7.30. The number of carbonyl (C=O) groups excluding carboxylic acids is 1. The molecule has 0 heterocycles. The molecule has 4 nitrogen and oxygen atoms in total. The third-order valence-electron chi connectivity index (χ3n) is 4.99. The van der Waals surface area contributed by atoms with Crippen molar-refractivity contribution < 1.29 is 9.53 Å². The van der Waals surface area contributed by atoms with Crippen LogP contribution in [0, 0.1) is 5.92 Å². The number of hydrogen-bond acceptors (Lipinski definition) is 3. The molecule has 2 rings (SSSR count). The summed E-state index contributed by atoms with van der Waals surface area (Å²) in [5, 5.41) is 0. The fraction of sp³-hybridized carbons (Fsp3) is 0.611. The minimum atomic E-state index is -0.258. The van der Waals surface area contributed by atoms with E-state index in [1.165, 1.54) is 0 Å². The van der Waals surface area contributed by atoms with E-state index in [2.05, 4.69) is 0 Å². The Hall–Kier alpha value is -1.39. The van der Waals surface area contributed by atoms with Gasteiger partial charge in [-0.25, -0.2) is 0 Å². The van der Waals surface area contributed by atoms with E-state index in [1.807, 2.05) is 49.2 Å². The largest absolute Gasteiger partial charge is 0.381 e. The quantitative estimate of drug-likeness (QED) is 0.910. The van der Waals surface area contributed by atoms with Crippen LogP contribution in [0.3, 0.4) is 0 Å². The maximum absolute atomic E-state index is 12.7. The summed E-state index contributed by atoms with van der Waals surface area (Å²) in [6, 6.07) is 9.90. The van der Waals surface area contributed by atoms with Crippen molar-refractivity contribution >= 4 is 5.91 Å². The van der Waals surface area contributed by atoms with Gasteiger partial charge in [0.25, 0.3) is 0 Å². The van der Waals surface area contributed by atoms with Gasteiger partial charge in [-0.3, -0.25) is 4.79 Å². The summed E-state index contributed by atoms with van der Waals surface area (Å²) in [7, 11) is 3.68. The van der Waals surface area contributed by atoms with Gasteiger partial charge >= 0.3 is 0 Å². The summed E-state index contributed by atoms with van der Waals surface area (Å²) in [6.45, 7) is 1.93. The molecule has 122 valence electrons. The lowest BCUT2D eigenvalue weighted by atomic mass is 9.89. The Morgan fingerprint density at radius 2 is 1.82 bits per heavy atom. The van der Waals surface area contributed by atoms with Gasteiger partial charge in [0.15, 0.2) is 0 Å². The van der Waals surface area contributed by atoms with Gasteiger partial charge in [0.2, 0.25) is 5.91 Å². The van der Waals surface area contributed by atoms with Gasteiger partial charge in [-0.2, -0.15) is 0 Å². The van der Waals surface area contributed by atoms with E-state index in [-0.39, 0.29) is 17.9 Å². The van der Waals surface area contributed by atoms with E-state index in [9.17, 15) is 4.79 Å². The van der Waals surface area contributed by atoms with Crippen LogP contribution >= 0.6 is 0 Å². The van der Waals surface area contributed by atoms with Crippen LogP contribution in [0.5, 0.6) is 0 Å². The molecule has 0 bridgehead atoms. The first kappa shape index (κ1) is 17.0. The molecule has 1 aliphatic rings. The van der Waals surface area contributed by atoms with Crippen LogP contribution in [0.2, 0.25) is 0 Å². The molecule has 2 N–H and O–H groups in total. The second-order valence-corrected chi connectivity index (χ2v) is 6.34. The zero-order valence-corrected chi connectivity index (χ0v) is 13.9. The van der Waals surface area contributed by atoms with Crippen LogP contribution < -0.4 is 5.73 Å². The zero-order valence-electron chi connectivity index (χ0n) is 13.9. The van der Waals surface area contributed by atoms with Crippen molar-refractivity contribution in [3.63, 3.8) is 0 Å². The number of benzene rings is 1. The minimum absolute atomic E-state index is 0.136. The molecule has 1 saturated carbocycles. The third-order valence-corrected chi connectivity index (χ3v) is 4.99. The Morgan fingerprint density at radius 3 is 2.36 bits per heavy atom. The Balaban J connectivity index is 1.95. The monoisotopic (exact) mass is 304 g/mol. The predicted molar refractivity (Wildman–Crippen MR) is 88.4 cm³/mol. The van der Waals surface area contributed by atoms with Crippen LogP contribution in [-0.2, 0) is 9.53 Å². The molecule has 4 heteroatoms. The highest BCUT2D eigenvalue weighted by Gasteiger charge is 2.31. The predicted octanol–water partition coefficient (Wildman–Crippen LogP) is 2.74. The van der Waals surface area contributed by atoms with Gasteiger partial charge < -0.3 is 15.4 Å². The van der Waals surface area contributed by atoms with E-state index in [0.29, 0.717) is 12.1 Å². The fourth-order valence-corrected chi connectivity index (χ4v) is 3.29. The van der Waals surface area contributed by atoms with Crippen LogP contribution in [0.1, 0.15) is 44.2 Å². The zero-order chi connectivity index (χ0) is 16.1. The maximum Gasteiger partial charge on any atom is 0.227 e. The summed E-state index contributed by atoms with van der Waals surface area (Å²) in [4.78, 5) is 14.6. The number of amides is 1. The van der Waals surface area contributed by atoms with Crippen molar-refractivity contribution in [2.75, 3.05) is 14.2 Å². The highest BCUT2D eigenvalue weighted by molar-refractivity contribution is 5.79. The van der Waals surface area contributed by atoms with E-state index in [4.69, 9.17) is 10.5 Å². The number of nitrogens with zero attached hydrogens (tertiary/aromatic N) is 1. The fourth-order valence-electron chi connectivity index (χ4n) is 3.29. The van der Waals surface area contributed by atoms with Crippen molar-refractivity contribution in [2.45, 2.75) is 50.8 Å². The van der Waals surface area contributed by atoms with Crippen molar-refractivity contribution in [1.82, 2.24) is 4.90 Å². The van der Waals surface area contributed by atoms with Gasteiger partial charge in [-0.05, 0) is 31.2 Å².